The molecular weight excluding hydrogens is 339 g/mol. The van der Waals surface area contributed by atoms with Gasteiger partial charge >= 0.3 is 6.18 Å². The number of thioether (sulfide) groups is 1. The Balaban J connectivity index is 1.78. The summed E-state index contributed by atoms with van der Waals surface area (Å²) in [7, 11) is 1.59. The van der Waals surface area contributed by atoms with E-state index < -0.39 is 11.7 Å². The van der Waals surface area contributed by atoms with Crippen LogP contribution in [0, 0.1) is 0 Å². The first kappa shape index (κ1) is 18.2. The molecule has 0 aliphatic rings. The van der Waals surface area contributed by atoms with Gasteiger partial charge in [-0.1, -0.05) is 12.1 Å². The van der Waals surface area contributed by atoms with Crippen LogP contribution in [0.15, 0.2) is 48.5 Å². The van der Waals surface area contributed by atoms with E-state index in [1.807, 2.05) is 24.3 Å². The highest BCUT2D eigenvalue weighted by Gasteiger charge is 2.29. The van der Waals surface area contributed by atoms with Crippen LogP contribution in [0.3, 0.4) is 0 Å². The van der Waals surface area contributed by atoms with Gasteiger partial charge in [-0.25, -0.2) is 0 Å². The van der Waals surface area contributed by atoms with Crippen molar-refractivity contribution in [1.82, 2.24) is 0 Å². The summed E-state index contributed by atoms with van der Waals surface area (Å²) >= 11 is 1.42. The van der Waals surface area contributed by atoms with E-state index in [1.165, 1.54) is 23.9 Å². The van der Waals surface area contributed by atoms with Crippen molar-refractivity contribution in [3.05, 3.63) is 59.7 Å². The van der Waals surface area contributed by atoms with E-state index >= 15 is 0 Å². The number of hydrogen-bond acceptors (Lipinski definition) is 3. The third-order valence-electron chi connectivity index (χ3n) is 3.16. The van der Waals surface area contributed by atoms with E-state index in [1.54, 1.807) is 7.11 Å². The van der Waals surface area contributed by atoms with Crippen molar-refractivity contribution in [2.24, 2.45) is 0 Å². The highest BCUT2D eigenvalue weighted by atomic mass is 32.2. The Labute approximate surface area is 142 Å². The summed E-state index contributed by atoms with van der Waals surface area (Å²) in [5.74, 6) is 1.38. The Morgan fingerprint density at radius 2 is 1.71 bits per heavy atom. The van der Waals surface area contributed by atoms with Gasteiger partial charge in [0.15, 0.2) is 0 Å². The molecular formula is C17H16F3NO2S. The van der Waals surface area contributed by atoms with Crippen LogP contribution in [0.25, 0.3) is 0 Å². The van der Waals surface area contributed by atoms with Crippen LogP contribution in [0.1, 0.15) is 11.1 Å². The van der Waals surface area contributed by atoms with Gasteiger partial charge in [0.05, 0.1) is 18.4 Å². The molecule has 7 heteroatoms. The molecule has 0 aliphatic carbocycles. The van der Waals surface area contributed by atoms with Gasteiger partial charge in [0.1, 0.15) is 5.75 Å². The van der Waals surface area contributed by atoms with Gasteiger partial charge in [0.2, 0.25) is 5.91 Å². The summed E-state index contributed by atoms with van der Waals surface area (Å²) in [4.78, 5) is 11.8. The molecule has 0 saturated heterocycles. The predicted octanol–water partition coefficient (Wildman–Crippen LogP) is 4.59. The number of carbonyl (C=O) groups is 1. The number of hydrogen-bond donors (Lipinski definition) is 1. The Kier molecular flexibility index (Phi) is 6.14. The van der Waals surface area contributed by atoms with Crippen LogP contribution in [-0.4, -0.2) is 18.8 Å². The lowest BCUT2D eigenvalue weighted by molar-refractivity contribution is -0.137. The van der Waals surface area contributed by atoms with Crippen molar-refractivity contribution in [3.8, 4) is 5.75 Å². The van der Waals surface area contributed by atoms with Crippen LogP contribution in [0.2, 0.25) is 0 Å². The zero-order chi connectivity index (χ0) is 17.6. The third kappa shape index (κ3) is 5.49. The maximum absolute atomic E-state index is 12.5. The molecule has 0 heterocycles. The Morgan fingerprint density at radius 1 is 1.08 bits per heavy atom. The molecule has 0 atom stereocenters. The Morgan fingerprint density at radius 3 is 2.25 bits per heavy atom. The first-order valence-electron chi connectivity index (χ1n) is 7.06. The molecule has 0 saturated carbocycles. The van der Waals surface area contributed by atoms with Crippen LogP contribution in [0.5, 0.6) is 5.75 Å². The van der Waals surface area contributed by atoms with E-state index in [2.05, 4.69) is 5.32 Å². The Hall–Kier alpha value is -2.15. The maximum atomic E-state index is 12.5. The number of alkyl halides is 3. The van der Waals surface area contributed by atoms with Gasteiger partial charge in [-0.3, -0.25) is 4.79 Å². The van der Waals surface area contributed by atoms with Crippen LogP contribution in [0.4, 0.5) is 18.9 Å². The molecule has 24 heavy (non-hydrogen) atoms. The average molecular weight is 355 g/mol. The minimum atomic E-state index is -4.38. The molecule has 2 rings (SSSR count). The minimum Gasteiger partial charge on any atom is -0.497 e. The molecule has 0 unspecified atom stereocenters. The van der Waals surface area contributed by atoms with Gasteiger partial charge in [-0.15, -0.1) is 11.8 Å². The number of nitrogens with one attached hydrogen (secondary N) is 1. The van der Waals surface area contributed by atoms with Gasteiger partial charge in [0.25, 0.3) is 0 Å². The molecule has 1 amide bonds. The lowest BCUT2D eigenvalue weighted by Gasteiger charge is -2.09. The topological polar surface area (TPSA) is 38.3 Å². The van der Waals surface area contributed by atoms with Crippen molar-refractivity contribution in [2.45, 2.75) is 11.9 Å². The number of methoxy groups -OCH3 is 1. The average Bonchev–Trinajstić information content (AvgIpc) is 2.55. The van der Waals surface area contributed by atoms with Crippen molar-refractivity contribution < 1.29 is 22.7 Å². The second-order valence-electron chi connectivity index (χ2n) is 4.96. The van der Waals surface area contributed by atoms with E-state index in [-0.39, 0.29) is 11.7 Å². The molecule has 0 spiro atoms. The molecule has 0 bridgehead atoms. The van der Waals surface area contributed by atoms with Gasteiger partial charge in [0, 0.05) is 11.4 Å². The zero-order valence-electron chi connectivity index (χ0n) is 12.9. The van der Waals surface area contributed by atoms with Crippen LogP contribution >= 0.6 is 11.8 Å². The molecule has 0 fully saturated rings. The molecule has 2 aromatic carbocycles. The number of anilines is 1. The molecule has 0 aromatic heterocycles. The van der Waals surface area contributed by atoms with Crippen molar-refractivity contribution >= 4 is 23.4 Å². The molecule has 0 aliphatic heterocycles. The number of rotatable bonds is 6. The maximum Gasteiger partial charge on any atom is 0.416 e. The first-order chi connectivity index (χ1) is 11.4. The van der Waals surface area contributed by atoms with Crippen LogP contribution < -0.4 is 10.1 Å². The predicted molar refractivity (Wildman–Crippen MR) is 89.2 cm³/mol. The number of amides is 1. The van der Waals surface area contributed by atoms with Crippen molar-refractivity contribution in [1.29, 1.82) is 0 Å². The SMILES string of the molecule is COc1ccc(CSCC(=O)Nc2ccc(C(F)(F)F)cc2)cc1. The fourth-order valence-electron chi connectivity index (χ4n) is 1.92. The number of ether oxygens (including phenoxy) is 1. The molecule has 2 aromatic rings. The summed E-state index contributed by atoms with van der Waals surface area (Å²) in [6, 6.07) is 11.9. The fraction of sp³-hybridized carbons (Fsp3) is 0.235. The summed E-state index contributed by atoms with van der Waals surface area (Å²) in [5, 5.41) is 2.58. The van der Waals surface area contributed by atoms with E-state index in [9.17, 15) is 18.0 Å². The lowest BCUT2D eigenvalue weighted by atomic mass is 10.2. The summed E-state index contributed by atoms with van der Waals surface area (Å²) in [6.45, 7) is 0. The lowest BCUT2D eigenvalue weighted by Crippen LogP contribution is -2.14. The molecule has 1 N–H and O–H groups in total. The number of benzene rings is 2. The number of halogens is 3. The highest BCUT2D eigenvalue weighted by molar-refractivity contribution is 7.99. The smallest absolute Gasteiger partial charge is 0.416 e. The summed E-state index contributed by atoms with van der Waals surface area (Å²) in [6.07, 6.45) is -4.38. The molecule has 128 valence electrons. The fourth-order valence-corrected chi connectivity index (χ4v) is 2.71. The van der Waals surface area contributed by atoms with Crippen molar-refractivity contribution in [3.63, 3.8) is 0 Å². The summed E-state index contributed by atoms with van der Waals surface area (Å²) in [5.41, 5.74) is 0.663. The minimum absolute atomic E-state index is 0.215. The highest BCUT2D eigenvalue weighted by Crippen LogP contribution is 2.29. The normalized spacial score (nSPS) is 11.2. The van der Waals surface area contributed by atoms with Gasteiger partial charge < -0.3 is 10.1 Å². The van der Waals surface area contributed by atoms with Crippen LogP contribution in [-0.2, 0) is 16.7 Å². The quantitative estimate of drug-likeness (QED) is 0.824. The Bertz CT molecular complexity index is 670. The van der Waals surface area contributed by atoms with E-state index in [4.69, 9.17) is 4.74 Å². The largest absolute Gasteiger partial charge is 0.497 e. The summed E-state index contributed by atoms with van der Waals surface area (Å²) < 4.78 is 42.4. The number of carbonyl (C=O) groups excluding carboxylic acids is 1. The standard InChI is InChI=1S/C17H16F3NO2S/c1-23-15-8-2-12(3-9-15)10-24-11-16(22)21-14-6-4-13(5-7-14)17(18,19)20/h2-9H,10-11H2,1H3,(H,21,22). The molecule has 0 radical (unpaired) electrons. The second-order valence-corrected chi connectivity index (χ2v) is 5.95. The van der Waals surface area contributed by atoms with E-state index in [0.29, 0.717) is 11.4 Å². The first-order valence-corrected chi connectivity index (χ1v) is 8.22. The van der Waals surface area contributed by atoms with Crippen molar-refractivity contribution in [2.75, 3.05) is 18.2 Å². The van der Waals surface area contributed by atoms with Gasteiger partial charge in [-0.05, 0) is 42.0 Å². The monoisotopic (exact) mass is 355 g/mol. The third-order valence-corrected chi connectivity index (χ3v) is 4.16. The van der Waals surface area contributed by atoms with Gasteiger partial charge in [-0.2, -0.15) is 13.2 Å². The molecule has 3 nitrogen and oxygen atoms in total. The zero-order valence-corrected chi connectivity index (χ0v) is 13.7. The van der Waals surface area contributed by atoms with E-state index in [0.717, 1.165) is 23.4 Å². The second kappa shape index (κ2) is 8.10.